The van der Waals surface area contributed by atoms with E-state index in [1.807, 2.05) is 11.8 Å². The van der Waals surface area contributed by atoms with Gasteiger partial charge in [-0.25, -0.2) is 0 Å². The summed E-state index contributed by atoms with van der Waals surface area (Å²) in [5, 5.41) is 3.42. The summed E-state index contributed by atoms with van der Waals surface area (Å²) in [5.41, 5.74) is 0. The van der Waals surface area contributed by atoms with Crippen LogP contribution in [0.25, 0.3) is 0 Å². The van der Waals surface area contributed by atoms with Crippen molar-refractivity contribution in [1.82, 2.24) is 10.2 Å². The van der Waals surface area contributed by atoms with Crippen LogP contribution in [0.5, 0.6) is 0 Å². The van der Waals surface area contributed by atoms with Crippen molar-refractivity contribution in [2.24, 2.45) is 11.8 Å². The van der Waals surface area contributed by atoms with E-state index < -0.39 is 0 Å². The average Bonchev–Trinajstić information content (AvgIpc) is 2.91. The van der Waals surface area contributed by atoms with E-state index in [4.69, 9.17) is 4.74 Å². The molecular formula is C13H24N2O2. The molecule has 1 saturated heterocycles. The molecule has 4 heteroatoms. The van der Waals surface area contributed by atoms with E-state index in [0.29, 0.717) is 19.1 Å². The Morgan fingerprint density at radius 3 is 3.00 bits per heavy atom. The first-order valence-electron chi connectivity index (χ1n) is 6.79. The van der Waals surface area contributed by atoms with E-state index in [0.717, 1.165) is 19.0 Å². The zero-order valence-corrected chi connectivity index (χ0v) is 10.9. The molecule has 1 aliphatic heterocycles. The lowest BCUT2D eigenvalue weighted by Crippen LogP contribution is -2.47. The molecule has 2 aliphatic rings. The molecule has 0 aromatic heterocycles. The van der Waals surface area contributed by atoms with Gasteiger partial charge in [-0.3, -0.25) is 4.79 Å². The maximum atomic E-state index is 12.4. The number of rotatable bonds is 5. The second kappa shape index (κ2) is 5.83. The molecule has 0 aromatic carbocycles. The van der Waals surface area contributed by atoms with Crippen molar-refractivity contribution in [3.8, 4) is 0 Å². The third-order valence-corrected chi connectivity index (χ3v) is 4.27. The Labute approximate surface area is 104 Å². The lowest BCUT2D eigenvalue weighted by molar-refractivity contribution is -0.134. The molecule has 1 N–H and O–H groups in total. The number of methoxy groups -OCH3 is 1. The number of nitrogens with zero attached hydrogens (tertiary/aromatic N) is 1. The largest absolute Gasteiger partial charge is 0.383 e. The van der Waals surface area contributed by atoms with Crippen LogP contribution in [0.4, 0.5) is 0 Å². The molecular weight excluding hydrogens is 216 g/mol. The van der Waals surface area contributed by atoms with Gasteiger partial charge in [0.1, 0.15) is 0 Å². The van der Waals surface area contributed by atoms with Crippen molar-refractivity contribution in [2.45, 2.75) is 32.2 Å². The number of hydrogen-bond acceptors (Lipinski definition) is 3. The molecule has 3 unspecified atom stereocenters. The van der Waals surface area contributed by atoms with Crippen LogP contribution in [0.15, 0.2) is 0 Å². The predicted molar refractivity (Wildman–Crippen MR) is 66.8 cm³/mol. The maximum Gasteiger partial charge on any atom is 0.240 e. The van der Waals surface area contributed by atoms with Gasteiger partial charge in [-0.05, 0) is 38.1 Å². The monoisotopic (exact) mass is 240 g/mol. The molecule has 0 aromatic rings. The van der Waals surface area contributed by atoms with Gasteiger partial charge in [0.15, 0.2) is 0 Å². The van der Waals surface area contributed by atoms with Crippen LogP contribution < -0.4 is 5.32 Å². The summed E-state index contributed by atoms with van der Waals surface area (Å²) in [4.78, 5) is 14.4. The number of amides is 1. The minimum absolute atomic E-state index is 0.0688. The lowest BCUT2D eigenvalue weighted by Gasteiger charge is -2.26. The average molecular weight is 240 g/mol. The molecule has 3 atom stereocenters. The SMILES string of the molecule is CCN(CCOC)C(=O)C1NCC2CCCC21. The summed E-state index contributed by atoms with van der Waals surface area (Å²) in [6.45, 7) is 5.18. The number of carbonyl (C=O) groups is 1. The lowest BCUT2D eigenvalue weighted by atomic mass is 9.93. The first-order chi connectivity index (χ1) is 8.27. The predicted octanol–water partition coefficient (Wildman–Crippen LogP) is 0.869. The Hall–Kier alpha value is -0.610. The van der Waals surface area contributed by atoms with Crippen molar-refractivity contribution >= 4 is 5.91 Å². The van der Waals surface area contributed by atoms with Crippen LogP contribution in [-0.4, -0.2) is 50.2 Å². The molecule has 0 radical (unpaired) electrons. The molecule has 1 aliphatic carbocycles. The number of fused-ring (bicyclic) bond motifs is 1. The topological polar surface area (TPSA) is 41.6 Å². The quantitative estimate of drug-likeness (QED) is 0.775. The van der Waals surface area contributed by atoms with E-state index >= 15 is 0 Å². The first-order valence-corrected chi connectivity index (χ1v) is 6.79. The molecule has 4 nitrogen and oxygen atoms in total. The smallest absolute Gasteiger partial charge is 0.240 e. The number of nitrogens with one attached hydrogen (secondary N) is 1. The summed E-state index contributed by atoms with van der Waals surface area (Å²) < 4.78 is 5.06. The molecule has 1 heterocycles. The number of likely N-dealkylation sites (N-methyl/N-ethyl adjacent to an activating group) is 1. The van der Waals surface area contributed by atoms with Gasteiger partial charge < -0.3 is 15.0 Å². The van der Waals surface area contributed by atoms with Crippen LogP contribution >= 0.6 is 0 Å². The molecule has 0 spiro atoms. The molecule has 2 rings (SSSR count). The fraction of sp³-hybridized carbons (Fsp3) is 0.923. The Balaban J connectivity index is 1.93. The van der Waals surface area contributed by atoms with Crippen LogP contribution in [-0.2, 0) is 9.53 Å². The zero-order valence-electron chi connectivity index (χ0n) is 10.9. The number of ether oxygens (including phenoxy) is 1. The summed E-state index contributed by atoms with van der Waals surface area (Å²) in [6, 6.07) is 0.0688. The van der Waals surface area contributed by atoms with E-state index in [9.17, 15) is 4.79 Å². The van der Waals surface area contributed by atoms with Crippen LogP contribution in [0.2, 0.25) is 0 Å². The van der Waals surface area contributed by atoms with Gasteiger partial charge in [-0.2, -0.15) is 0 Å². The molecule has 17 heavy (non-hydrogen) atoms. The van der Waals surface area contributed by atoms with Gasteiger partial charge in [0.2, 0.25) is 5.91 Å². The highest BCUT2D eigenvalue weighted by Crippen LogP contribution is 2.38. The molecule has 1 amide bonds. The summed E-state index contributed by atoms with van der Waals surface area (Å²) in [6.07, 6.45) is 3.81. The highest BCUT2D eigenvalue weighted by atomic mass is 16.5. The van der Waals surface area contributed by atoms with Crippen LogP contribution in [0, 0.1) is 11.8 Å². The van der Waals surface area contributed by atoms with Crippen molar-refractivity contribution in [1.29, 1.82) is 0 Å². The molecule has 0 bridgehead atoms. The van der Waals surface area contributed by atoms with Gasteiger partial charge in [0, 0.05) is 20.2 Å². The summed E-state index contributed by atoms with van der Waals surface area (Å²) in [5.74, 6) is 1.60. The Morgan fingerprint density at radius 1 is 1.47 bits per heavy atom. The highest BCUT2D eigenvalue weighted by Gasteiger charge is 2.43. The van der Waals surface area contributed by atoms with Crippen molar-refractivity contribution in [2.75, 3.05) is 33.4 Å². The van der Waals surface area contributed by atoms with Gasteiger partial charge in [0.05, 0.1) is 12.6 Å². The molecule has 1 saturated carbocycles. The maximum absolute atomic E-state index is 12.4. The van der Waals surface area contributed by atoms with Gasteiger partial charge in [0.25, 0.3) is 0 Å². The van der Waals surface area contributed by atoms with Gasteiger partial charge >= 0.3 is 0 Å². The third-order valence-electron chi connectivity index (χ3n) is 4.27. The molecule has 2 fully saturated rings. The van der Waals surface area contributed by atoms with Crippen molar-refractivity contribution < 1.29 is 9.53 Å². The first kappa shape index (κ1) is 12.8. The van der Waals surface area contributed by atoms with Crippen molar-refractivity contribution in [3.05, 3.63) is 0 Å². The fourth-order valence-electron chi connectivity index (χ4n) is 3.28. The Bertz CT molecular complexity index is 270. The van der Waals surface area contributed by atoms with Crippen LogP contribution in [0.1, 0.15) is 26.2 Å². The normalized spacial score (nSPS) is 31.5. The van der Waals surface area contributed by atoms with E-state index in [-0.39, 0.29) is 11.9 Å². The standard InChI is InChI=1S/C13H24N2O2/c1-3-15(7-8-17-2)13(16)12-11-6-4-5-10(11)9-14-12/h10-12,14H,3-9H2,1-2H3. The van der Waals surface area contributed by atoms with E-state index in [1.165, 1.54) is 19.3 Å². The fourth-order valence-corrected chi connectivity index (χ4v) is 3.28. The van der Waals surface area contributed by atoms with Gasteiger partial charge in [-0.1, -0.05) is 6.42 Å². The number of hydrogen-bond donors (Lipinski definition) is 1. The second-order valence-electron chi connectivity index (χ2n) is 5.15. The van der Waals surface area contributed by atoms with E-state index in [1.54, 1.807) is 7.11 Å². The Morgan fingerprint density at radius 2 is 2.29 bits per heavy atom. The minimum atomic E-state index is 0.0688. The van der Waals surface area contributed by atoms with Crippen molar-refractivity contribution in [3.63, 3.8) is 0 Å². The number of carbonyl (C=O) groups excluding carboxylic acids is 1. The zero-order chi connectivity index (χ0) is 12.3. The summed E-state index contributed by atoms with van der Waals surface area (Å²) in [7, 11) is 1.68. The van der Waals surface area contributed by atoms with E-state index in [2.05, 4.69) is 5.32 Å². The Kier molecular flexibility index (Phi) is 4.40. The minimum Gasteiger partial charge on any atom is -0.383 e. The highest BCUT2D eigenvalue weighted by molar-refractivity contribution is 5.82. The summed E-state index contributed by atoms with van der Waals surface area (Å²) >= 11 is 0. The third kappa shape index (κ3) is 2.63. The van der Waals surface area contributed by atoms with Gasteiger partial charge in [-0.15, -0.1) is 0 Å². The second-order valence-corrected chi connectivity index (χ2v) is 5.15. The van der Waals surface area contributed by atoms with Crippen LogP contribution in [0.3, 0.4) is 0 Å². The molecule has 98 valence electrons.